The molecule has 0 bridgehead atoms. The fraction of sp³-hybridized carbons (Fsp3) is 0. The van der Waals surface area contributed by atoms with Crippen LogP contribution in [0, 0.1) is 0 Å². The molecule has 0 unspecified atom stereocenters. The lowest BCUT2D eigenvalue weighted by Gasteiger charge is -2.07. The average Bonchev–Trinajstić information content (AvgIpc) is 2.29. The van der Waals surface area contributed by atoms with Gasteiger partial charge < -0.3 is 5.73 Å². The van der Waals surface area contributed by atoms with E-state index in [1.54, 1.807) is 6.07 Å². The van der Waals surface area contributed by atoms with Crippen LogP contribution in [0.25, 0.3) is 11.1 Å². The summed E-state index contributed by atoms with van der Waals surface area (Å²) in [6, 6.07) is 11.1. The van der Waals surface area contributed by atoms with Gasteiger partial charge in [0.2, 0.25) is 0 Å². The molecule has 0 fully saturated rings. The molecule has 3 nitrogen and oxygen atoms in total. The van der Waals surface area contributed by atoms with E-state index < -0.39 is 0 Å². The monoisotopic (exact) mass is 232 g/mol. The summed E-state index contributed by atoms with van der Waals surface area (Å²) in [4.78, 5) is 14.8. The third-order valence-electron chi connectivity index (χ3n) is 2.26. The Morgan fingerprint density at radius 3 is 2.56 bits per heavy atom. The molecule has 1 heterocycles. The topological polar surface area (TPSA) is 56.0 Å². The van der Waals surface area contributed by atoms with E-state index in [2.05, 4.69) is 4.98 Å². The van der Waals surface area contributed by atoms with Crippen LogP contribution >= 0.6 is 11.6 Å². The van der Waals surface area contributed by atoms with Crippen molar-refractivity contribution in [1.29, 1.82) is 0 Å². The third-order valence-corrected chi connectivity index (χ3v) is 2.45. The van der Waals surface area contributed by atoms with Crippen LogP contribution in [0.4, 0.5) is 5.82 Å². The molecular weight excluding hydrogens is 224 g/mol. The molecule has 0 aliphatic heterocycles. The lowest BCUT2D eigenvalue weighted by molar-refractivity contribution is 0.112. The fourth-order valence-electron chi connectivity index (χ4n) is 1.52. The summed E-state index contributed by atoms with van der Waals surface area (Å²) in [6.07, 6.45) is 0.695. The highest BCUT2D eigenvalue weighted by molar-refractivity contribution is 6.30. The number of anilines is 1. The first-order chi connectivity index (χ1) is 7.72. The lowest BCUT2D eigenvalue weighted by atomic mass is 10.0. The highest BCUT2D eigenvalue weighted by Gasteiger charge is 2.10. The quantitative estimate of drug-likeness (QED) is 0.640. The Hall–Kier alpha value is -1.87. The second-order valence-electron chi connectivity index (χ2n) is 3.28. The van der Waals surface area contributed by atoms with Crippen molar-refractivity contribution in [2.75, 3.05) is 5.73 Å². The van der Waals surface area contributed by atoms with Crippen LogP contribution < -0.4 is 5.73 Å². The first kappa shape index (κ1) is 10.6. The summed E-state index contributed by atoms with van der Waals surface area (Å²) in [5, 5.41) is 0.280. The summed E-state index contributed by atoms with van der Waals surface area (Å²) >= 11 is 5.82. The molecule has 16 heavy (non-hydrogen) atoms. The maximum Gasteiger partial charge on any atom is 0.154 e. The van der Waals surface area contributed by atoms with Gasteiger partial charge in [0.1, 0.15) is 11.0 Å². The molecule has 2 aromatic rings. The zero-order chi connectivity index (χ0) is 11.5. The van der Waals surface area contributed by atoms with Crippen molar-refractivity contribution in [2.24, 2.45) is 0 Å². The van der Waals surface area contributed by atoms with Gasteiger partial charge in [-0.2, -0.15) is 0 Å². The zero-order valence-corrected chi connectivity index (χ0v) is 9.11. The predicted octanol–water partition coefficient (Wildman–Crippen LogP) is 2.80. The Labute approximate surface area is 97.9 Å². The SMILES string of the molecule is Nc1nc(Cl)cc(-c2ccccc2)c1C=O. The molecule has 1 aromatic carbocycles. The number of rotatable bonds is 2. The Morgan fingerprint density at radius 2 is 1.94 bits per heavy atom. The van der Waals surface area contributed by atoms with Gasteiger partial charge in [0.15, 0.2) is 6.29 Å². The number of nitrogens with zero attached hydrogens (tertiary/aromatic N) is 1. The van der Waals surface area contributed by atoms with Gasteiger partial charge in [0.05, 0.1) is 5.56 Å². The minimum Gasteiger partial charge on any atom is -0.383 e. The van der Waals surface area contributed by atoms with Crippen LogP contribution in [0.2, 0.25) is 5.15 Å². The highest BCUT2D eigenvalue weighted by Crippen LogP contribution is 2.27. The lowest BCUT2D eigenvalue weighted by Crippen LogP contribution is -1.99. The van der Waals surface area contributed by atoms with E-state index >= 15 is 0 Å². The van der Waals surface area contributed by atoms with Crippen LogP contribution in [0.1, 0.15) is 10.4 Å². The number of nitrogens with two attached hydrogens (primary N) is 1. The van der Waals surface area contributed by atoms with Gasteiger partial charge in [0, 0.05) is 0 Å². The summed E-state index contributed by atoms with van der Waals surface area (Å²) < 4.78 is 0. The number of aromatic nitrogens is 1. The van der Waals surface area contributed by atoms with Crippen LogP contribution in [-0.4, -0.2) is 11.3 Å². The maximum absolute atomic E-state index is 11.0. The minimum atomic E-state index is 0.154. The Morgan fingerprint density at radius 1 is 1.25 bits per heavy atom. The molecule has 0 saturated carbocycles. The van der Waals surface area contributed by atoms with E-state index in [1.807, 2.05) is 30.3 Å². The van der Waals surface area contributed by atoms with Gasteiger partial charge in [-0.05, 0) is 17.2 Å². The zero-order valence-electron chi connectivity index (χ0n) is 8.35. The van der Waals surface area contributed by atoms with Crippen molar-refractivity contribution in [3.63, 3.8) is 0 Å². The van der Waals surface area contributed by atoms with Crippen LogP contribution in [-0.2, 0) is 0 Å². The van der Waals surface area contributed by atoms with Gasteiger partial charge >= 0.3 is 0 Å². The van der Waals surface area contributed by atoms with Crippen LogP contribution in [0.3, 0.4) is 0 Å². The Balaban J connectivity index is 2.69. The van der Waals surface area contributed by atoms with Crippen molar-refractivity contribution >= 4 is 23.7 Å². The molecule has 0 aliphatic rings. The van der Waals surface area contributed by atoms with Crippen molar-refractivity contribution in [3.8, 4) is 11.1 Å². The number of nitrogen functional groups attached to an aromatic ring is 1. The maximum atomic E-state index is 11.0. The Bertz CT molecular complexity index is 526. The molecule has 0 atom stereocenters. The number of hydrogen-bond acceptors (Lipinski definition) is 3. The first-order valence-electron chi connectivity index (χ1n) is 4.69. The first-order valence-corrected chi connectivity index (χ1v) is 5.07. The summed E-state index contributed by atoms with van der Waals surface area (Å²) in [6.45, 7) is 0. The van der Waals surface area contributed by atoms with E-state index in [-0.39, 0.29) is 11.0 Å². The van der Waals surface area contributed by atoms with Gasteiger partial charge in [-0.1, -0.05) is 41.9 Å². The average molecular weight is 233 g/mol. The second kappa shape index (κ2) is 4.33. The van der Waals surface area contributed by atoms with E-state index in [4.69, 9.17) is 17.3 Å². The van der Waals surface area contributed by atoms with Crippen LogP contribution in [0.15, 0.2) is 36.4 Å². The molecule has 0 amide bonds. The van der Waals surface area contributed by atoms with E-state index in [0.29, 0.717) is 17.4 Å². The normalized spacial score (nSPS) is 10.1. The summed E-state index contributed by atoms with van der Waals surface area (Å²) in [5.41, 5.74) is 7.61. The molecule has 2 N–H and O–H groups in total. The number of benzene rings is 1. The number of hydrogen-bond donors (Lipinski definition) is 1. The molecule has 4 heteroatoms. The number of carbonyl (C=O) groups excluding carboxylic acids is 1. The summed E-state index contributed by atoms with van der Waals surface area (Å²) in [7, 11) is 0. The molecule has 0 saturated heterocycles. The largest absolute Gasteiger partial charge is 0.383 e. The van der Waals surface area contributed by atoms with Crippen molar-refractivity contribution < 1.29 is 4.79 Å². The molecular formula is C12H9ClN2O. The predicted molar refractivity (Wildman–Crippen MR) is 64.5 cm³/mol. The standard InChI is InChI=1S/C12H9ClN2O/c13-11-6-9(8-4-2-1-3-5-8)10(7-16)12(14)15-11/h1-7H,(H2,14,15). The third kappa shape index (κ3) is 1.90. The number of halogens is 1. The second-order valence-corrected chi connectivity index (χ2v) is 3.66. The molecule has 0 spiro atoms. The van der Waals surface area contributed by atoms with Gasteiger partial charge in [-0.25, -0.2) is 4.98 Å². The minimum absolute atomic E-state index is 0.154. The van der Waals surface area contributed by atoms with E-state index in [9.17, 15) is 4.79 Å². The van der Waals surface area contributed by atoms with Crippen molar-refractivity contribution in [3.05, 3.63) is 47.1 Å². The number of pyridine rings is 1. The fourth-order valence-corrected chi connectivity index (χ4v) is 1.72. The molecule has 0 aliphatic carbocycles. The van der Waals surface area contributed by atoms with Crippen LogP contribution in [0.5, 0.6) is 0 Å². The molecule has 1 aromatic heterocycles. The molecule has 80 valence electrons. The van der Waals surface area contributed by atoms with Gasteiger partial charge in [-0.3, -0.25) is 4.79 Å². The van der Waals surface area contributed by atoms with Gasteiger partial charge in [-0.15, -0.1) is 0 Å². The van der Waals surface area contributed by atoms with Crippen molar-refractivity contribution in [1.82, 2.24) is 4.98 Å². The molecule has 0 radical (unpaired) electrons. The number of aldehydes is 1. The van der Waals surface area contributed by atoms with Crippen molar-refractivity contribution in [2.45, 2.75) is 0 Å². The smallest absolute Gasteiger partial charge is 0.154 e. The number of carbonyl (C=O) groups is 1. The summed E-state index contributed by atoms with van der Waals surface area (Å²) in [5.74, 6) is 0.154. The van der Waals surface area contributed by atoms with Gasteiger partial charge in [0.25, 0.3) is 0 Å². The van der Waals surface area contributed by atoms with E-state index in [0.717, 1.165) is 5.56 Å². The van der Waals surface area contributed by atoms with E-state index in [1.165, 1.54) is 0 Å². The molecule has 2 rings (SSSR count). The Kier molecular flexibility index (Phi) is 2.88. The highest BCUT2D eigenvalue weighted by atomic mass is 35.5.